The number of allylic oxidation sites excluding steroid dienone is 16. The average molecular weight is 988 g/mol. The molecule has 0 amide bonds. The fourth-order valence-electron chi connectivity index (χ4n) is 8.21. The van der Waals surface area contributed by atoms with Crippen LogP contribution in [0.25, 0.3) is 0 Å². The second-order valence-corrected chi connectivity index (χ2v) is 19.5. The van der Waals surface area contributed by atoms with Crippen molar-refractivity contribution in [1.29, 1.82) is 0 Å². The van der Waals surface area contributed by atoms with E-state index < -0.39 is 6.10 Å². The Balaban J connectivity index is 4.33. The molecule has 6 heteroatoms. The third-order valence-corrected chi connectivity index (χ3v) is 12.6. The van der Waals surface area contributed by atoms with Crippen LogP contribution in [0.3, 0.4) is 0 Å². The molecule has 0 fully saturated rings. The zero-order valence-electron chi connectivity index (χ0n) is 46.5. The van der Waals surface area contributed by atoms with E-state index >= 15 is 0 Å². The molecule has 0 radical (unpaired) electrons. The number of rotatable bonds is 53. The lowest BCUT2D eigenvalue weighted by Gasteiger charge is -2.18. The minimum Gasteiger partial charge on any atom is -0.462 e. The number of esters is 3. The first-order valence-corrected chi connectivity index (χ1v) is 29.7. The normalized spacial score (nSPS) is 12.8. The summed E-state index contributed by atoms with van der Waals surface area (Å²) >= 11 is 0. The molecule has 0 aliphatic rings. The molecule has 1 unspecified atom stereocenters. The molecule has 0 heterocycles. The number of hydrogen-bond acceptors (Lipinski definition) is 6. The molecule has 0 aromatic heterocycles. The Morgan fingerprint density at radius 1 is 0.296 bits per heavy atom. The Kier molecular flexibility index (Phi) is 55.9. The van der Waals surface area contributed by atoms with Crippen LogP contribution in [-0.2, 0) is 28.6 Å². The summed E-state index contributed by atoms with van der Waals surface area (Å²) in [6.07, 6.45) is 78.5. The summed E-state index contributed by atoms with van der Waals surface area (Å²) < 4.78 is 16.8. The van der Waals surface area contributed by atoms with E-state index in [0.717, 1.165) is 89.9 Å². The van der Waals surface area contributed by atoms with Crippen LogP contribution in [-0.4, -0.2) is 37.2 Å². The van der Waals surface area contributed by atoms with Crippen molar-refractivity contribution >= 4 is 17.9 Å². The van der Waals surface area contributed by atoms with Crippen molar-refractivity contribution in [3.05, 3.63) is 97.2 Å². The van der Waals surface area contributed by atoms with Gasteiger partial charge >= 0.3 is 17.9 Å². The monoisotopic (exact) mass is 987 g/mol. The summed E-state index contributed by atoms with van der Waals surface area (Å²) in [6, 6.07) is 0. The molecule has 0 bridgehead atoms. The summed E-state index contributed by atoms with van der Waals surface area (Å²) in [5, 5.41) is 0. The van der Waals surface area contributed by atoms with Gasteiger partial charge in [-0.2, -0.15) is 0 Å². The van der Waals surface area contributed by atoms with Crippen molar-refractivity contribution in [3.8, 4) is 0 Å². The summed E-state index contributed by atoms with van der Waals surface area (Å²) in [4.78, 5) is 38.1. The van der Waals surface area contributed by atoms with Gasteiger partial charge in [0.15, 0.2) is 6.10 Å². The Labute approximate surface area is 438 Å². The van der Waals surface area contributed by atoms with Gasteiger partial charge in [-0.3, -0.25) is 14.4 Å². The number of ether oxygens (including phenoxy) is 3. The Bertz CT molecular complexity index is 1410. The van der Waals surface area contributed by atoms with Gasteiger partial charge in [-0.15, -0.1) is 0 Å². The molecule has 1 atom stereocenters. The highest BCUT2D eigenvalue weighted by atomic mass is 16.6. The maximum Gasteiger partial charge on any atom is 0.306 e. The first-order valence-electron chi connectivity index (χ1n) is 29.7. The molecule has 0 saturated carbocycles. The predicted molar refractivity (Wildman–Crippen MR) is 307 cm³/mol. The highest BCUT2D eigenvalue weighted by molar-refractivity contribution is 5.71. The summed E-state index contributed by atoms with van der Waals surface area (Å²) in [5.41, 5.74) is 0. The first kappa shape index (κ1) is 67.3. The van der Waals surface area contributed by atoms with Gasteiger partial charge in [-0.05, 0) is 83.5 Å². The smallest absolute Gasteiger partial charge is 0.306 e. The zero-order chi connectivity index (χ0) is 51.4. The molecule has 0 aliphatic heterocycles. The summed E-state index contributed by atoms with van der Waals surface area (Å²) in [7, 11) is 0. The third kappa shape index (κ3) is 57.1. The Hall–Kier alpha value is -3.67. The van der Waals surface area contributed by atoms with E-state index in [1.54, 1.807) is 0 Å². The third-order valence-electron chi connectivity index (χ3n) is 12.6. The topological polar surface area (TPSA) is 78.9 Å². The van der Waals surface area contributed by atoms with E-state index in [1.807, 2.05) is 6.08 Å². The Morgan fingerprint density at radius 3 is 0.944 bits per heavy atom. The van der Waals surface area contributed by atoms with Crippen LogP contribution in [0.5, 0.6) is 0 Å². The minimum atomic E-state index is -0.805. The van der Waals surface area contributed by atoms with Gasteiger partial charge < -0.3 is 14.2 Å². The van der Waals surface area contributed by atoms with Crippen molar-refractivity contribution in [3.63, 3.8) is 0 Å². The van der Waals surface area contributed by atoms with Gasteiger partial charge in [0.25, 0.3) is 0 Å². The van der Waals surface area contributed by atoms with Crippen LogP contribution in [0.1, 0.15) is 278 Å². The Morgan fingerprint density at radius 2 is 0.577 bits per heavy atom. The molecule has 0 spiro atoms. The highest BCUT2D eigenvalue weighted by Crippen LogP contribution is 2.16. The molecule has 0 rings (SSSR count). The maximum absolute atomic E-state index is 12.8. The standard InChI is InChI=1S/C65H110O6/c1-4-7-10-13-16-19-22-25-27-28-29-30-31-32-33-34-35-36-38-40-43-46-49-52-55-58-64(67)70-61-62(60-69-63(66)57-54-51-48-45-42-39-24-21-18-15-12-9-6-3)71-65(68)59-56-53-50-47-44-41-37-26-23-20-17-14-11-8-5-2/h7,9-10,12,16,18-19,21,25,27,29-30,39,42,48,51,62H,4-6,8,11,13-15,17,20,22-24,26,28,31-38,40-41,43-47,49-50,52-61H2,1-3H3/b10-7-,12-9-,19-16-,21-18-,27-25-,30-29-,42-39-,51-48-. The van der Waals surface area contributed by atoms with Crippen molar-refractivity contribution in [1.82, 2.24) is 0 Å². The van der Waals surface area contributed by atoms with Crippen molar-refractivity contribution in [2.24, 2.45) is 0 Å². The van der Waals surface area contributed by atoms with Crippen LogP contribution < -0.4 is 0 Å². The molecule has 0 aliphatic carbocycles. The summed E-state index contributed by atoms with van der Waals surface area (Å²) in [5.74, 6) is -0.978. The fourth-order valence-corrected chi connectivity index (χ4v) is 8.21. The second kappa shape index (κ2) is 58.9. The van der Waals surface area contributed by atoms with Gasteiger partial charge in [0, 0.05) is 19.3 Å². The van der Waals surface area contributed by atoms with Crippen LogP contribution >= 0.6 is 0 Å². The van der Waals surface area contributed by atoms with Crippen LogP contribution in [0, 0.1) is 0 Å². The molecule has 0 aromatic carbocycles. The molecule has 0 aromatic rings. The number of carbonyl (C=O) groups excluding carboxylic acids is 3. The predicted octanol–water partition coefficient (Wildman–Crippen LogP) is 20.1. The van der Waals surface area contributed by atoms with Gasteiger partial charge in [-0.1, -0.05) is 272 Å². The lowest BCUT2D eigenvalue weighted by molar-refractivity contribution is -0.166. The van der Waals surface area contributed by atoms with Crippen LogP contribution in [0.2, 0.25) is 0 Å². The lowest BCUT2D eigenvalue weighted by Crippen LogP contribution is -2.30. The highest BCUT2D eigenvalue weighted by Gasteiger charge is 2.19. The van der Waals surface area contributed by atoms with E-state index in [9.17, 15) is 14.4 Å². The molecule has 406 valence electrons. The van der Waals surface area contributed by atoms with Crippen molar-refractivity contribution in [2.75, 3.05) is 13.2 Å². The first-order chi connectivity index (χ1) is 35.0. The molecular formula is C65H110O6. The fraction of sp³-hybridized carbons (Fsp3) is 0.708. The number of hydrogen-bond donors (Lipinski definition) is 0. The van der Waals surface area contributed by atoms with Crippen LogP contribution in [0.15, 0.2) is 97.2 Å². The van der Waals surface area contributed by atoms with E-state index in [-0.39, 0.29) is 37.5 Å². The van der Waals surface area contributed by atoms with Crippen molar-refractivity contribution in [2.45, 2.75) is 284 Å². The van der Waals surface area contributed by atoms with E-state index in [2.05, 4.69) is 112 Å². The van der Waals surface area contributed by atoms with Gasteiger partial charge in [-0.25, -0.2) is 0 Å². The molecule has 71 heavy (non-hydrogen) atoms. The molecular weight excluding hydrogens is 877 g/mol. The minimum absolute atomic E-state index is 0.0983. The molecule has 0 saturated heterocycles. The van der Waals surface area contributed by atoms with E-state index in [1.165, 1.54) is 141 Å². The largest absolute Gasteiger partial charge is 0.462 e. The second-order valence-electron chi connectivity index (χ2n) is 19.5. The molecule has 6 nitrogen and oxygen atoms in total. The van der Waals surface area contributed by atoms with Crippen molar-refractivity contribution < 1.29 is 28.6 Å². The summed E-state index contributed by atoms with van der Waals surface area (Å²) in [6.45, 7) is 6.36. The quantitative estimate of drug-likeness (QED) is 0.0261. The molecule has 0 N–H and O–H groups in total. The lowest BCUT2D eigenvalue weighted by atomic mass is 10.0. The van der Waals surface area contributed by atoms with Gasteiger partial charge in [0.1, 0.15) is 13.2 Å². The van der Waals surface area contributed by atoms with E-state index in [4.69, 9.17) is 14.2 Å². The zero-order valence-corrected chi connectivity index (χ0v) is 46.5. The number of carbonyl (C=O) groups is 3. The van der Waals surface area contributed by atoms with Gasteiger partial charge in [0.2, 0.25) is 0 Å². The van der Waals surface area contributed by atoms with E-state index in [0.29, 0.717) is 19.3 Å². The number of unbranched alkanes of at least 4 members (excludes halogenated alkanes) is 26. The van der Waals surface area contributed by atoms with Gasteiger partial charge in [0.05, 0.1) is 0 Å². The van der Waals surface area contributed by atoms with Crippen LogP contribution in [0.4, 0.5) is 0 Å². The SMILES string of the molecule is CC/C=C\C/C=C\C/C=C\C/C=C\CCCCCCCCCCCCCCC(=O)OCC(COC(=O)CC/C=C\C/C=C\C/C=C\C/C=C\CC)OC(=O)CCCCCCCCCCCCCCCCC. The maximum atomic E-state index is 12.8. The average Bonchev–Trinajstić information content (AvgIpc) is 3.37.